The third-order valence-corrected chi connectivity index (χ3v) is 3.42. The van der Waals surface area contributed by atoms with E-state index in [-0.39, 0.29) is 5.75 Å². The molecule has 0 bridgehead atoms. The average molecular weight is 286 g/mol. The van der Waals surface area contributed by atoms with E-state index in [4.69, 9.17) is 4.74 Å². The van der Waals surface area contributed by atoms with Crippen molar-refractivity contribution in [2.45, 2.75) is 39.4 Å². The van der Waals surface area contributed by atoms with E-state index in [2.05, 4.69) is 6.92 Å². The fraction of sp³-hybridized carbons (Fsp3) is 0.333. The van der Waals surface area contributed by atoms with Gasteiger partial charge in [0, 0.05) is 0 Å². The minimum atomic E-state index is 0.262. The highest BCUT2D eigenvalue weighted by Crippen LogP contribution is 2.21. The molecule has 0 saturated carbocycles. The molecule has 0 aromatic heterocycles. The quantitative estimate of drug-likeness (QED) is 0.803. The minimum Gasteiger partial charge on any atom is -0.508 e. The van der Waals surface area contributed by atoms with Crippen molar-refractivity contribution in [1.29, 1.82) is 0 Å². The molecule has 0 fully saturated rings. The van der Waals surface area contributed by atoms with E-state index in [0.29, 0.717) is 19.0 Å². The summed E-state index contributed by atoms with van der Waals surface area (Å²) in [7, 11) is 0. The number of benzene rings is 2. The number of phenols is 2. The second-order valence-corrected chi connectivity index (χ2v) is 5.23. The summed E-state index contributed by atoms with van der Waals surface area (Å²) in [5.74, 6) is 0.628. The fourth-order valence-electron chi connectivity index (χ4n) is 2.18. The first-order valence-corrected chi connectivity index (χ1v) is 7.35. The molecular weight excluding hydrogens is 264 g/mol. The van der Waals surface area contributed by atoms with Crippen LogP contribution in [-0.2, 0) is 24.4 Å². The van der Waals surface area contributed by atoms with Crippen molar-refractivity contribution in [2.75, 3.05) is 0 Å². The third kappa shape index (κ3) is 4.80. The molecule has 21 heavy (non-hydrogen) atoms. The van der Waals surface area contributed by atoms with Gasteiger partial charge in [-0.05, 0) is 53.8 Å². The molecule has 3 heteroatoms. The Morgan fingerprint density at radius 1 is 0.905 bits per heavy atom. The molecule has 0 aliphatic carbocycles. The number of hydrogen-bond donors (Lipinski definition) is 2. The summed E-state index contributed by atoms with van der Waals surface area (Å²) in [6, 6.07) is 12.6. The molecular formula is C18H22O3. The summed E-state index contributed by atoms with van der Waals surface area (Å²) in [6.07, 6.45) is 3.08. The Labute approximate surface area is 125 Å². The van der Waals surface area contributed by atoms with Crippen molar-refractivity contribution in [3.8, 4) is 11.5 Å². The van der Waals surface area contributed by atoms with Crippen molar-refractivity contribution in [3.05, 3.63) is 59.2 Å². The first-order chi connectivity index (χ1) is 10.2. The van der Waals surface area contributed by atoms with Crippen LogP contribution in [0.5, 0.6) is 11.5 Å². The van der Waals surface area contributed by atoms with Crippen molar-refractivity contribution in [2.24, 2.45) is 0 Å². The molecule has 0 spiro atoms. The molecule has 112 valence electrons. The molecule has 2 rings (SSSR count). The molecule has 0 aliphatic rings. The molecule has 2 aromatic carbocycles. The monoisotopic (exact) mass is 286 g/mol. The number of phenolic OH excluding ortho intramolecular Hbond substituents is 2. The van der Waals surface area contributed by atoms with Gasteiger partial charge in [0.1, 0.15) is 11.5 Å². The average Bonchev–Trinajstić information content (AvgIpc) is 2.49. The van der Waals surface area contributed by atoms with Crippen LogP contribution in [0.1, 0.15) is 36.5 Å². The zero-order valence-electron chi connectivity index (χ0n) is 12.4. The van der Waals surface area contributed by atoms with Crippen LogP contribution in [0.15, 0.2) is 42.5 Å². The Bertz CT molecular complexity index is 561. The maximum atomic E-state index is 9.83. The minimum absolute atomic E-state index is 0.262. The number of aryl methyl sites for hydroxylation is 1. The molecule has 2 aromatic rings. The summed E-state index contributed by atoms with van der Waals surface area (Å²) in [5, 5.41) is 19.0. The fourth-order valence-corrected chi connectivity index (χ4v) is 2.18. The number of unbranched alkanes of at least 4 members (excludes halogenated alkanes) is 1. The highest BCUT2D eigenvalue weighted by atomic mass is 16.5. The largest absolute Gasteiger partial charge is 0.508 e. The standard InChI is InChI=1S/C18H22O3/c1-2-3-4-16-11-15(7-10-18(16)20)13-21-12-14-5-8-17(19)9-6-14/h5-11,19-20H,2-4,12-13H2,1H3. The summed E-state index contributed by atoms with van der Waals surface area (Å²) < 4.78 is 5.68. The molecule has 0 heterocycles. The van der Waals surface area contributed by atoms with Gasteiger partial charge in [0.15, 0.2) is 0 Å². The van der Waals surface area contributed by atoms with Crippen LogP contribution in [0.4, 0.5) is 0 Å². The lowest BCUT2D eigenvalue weighted by Crippen LogP contribution is -1.96. The van der Waals surface area contributed by atoms with E-state index < -0.39 is 0 Å². The van der Waals surface area contributed by atoms with Crippen molar-refractivity contribution in [3.63, 3.8) is 0 Å². The molecule has 0 unspecified atom stereocenters. The van der Waals surface area contributed by atoms with Gasteiger partial charge in [-0.15, -0.1) is 0 Å². The Morgan fingerprint density at radius 2 is 1.57 bits per heavy atom. The van der Waals surface area contributed by atoms with Gasteiger partial charge in [0.25, 0.3) is 0 Å². The maximum Gasteiger partial charge on any atom is 0.118 e. The van der Waals surface area contributed by atoms with Gasteiger partial charge in [-0.3, -0.25) is 0 Å². The van der Waals surface area contributed by atoms with Gasteiger partial charge in [-0.2, -0.15) is 0 Å². The molecule has 2 N–H and O–H groups in total. The molecule has 0 amide bonds. The van der Waals surface area contributed by atoms with Gasteiger partial charge < -0.3 is 14.9 Å². The molecule has 0 atom stereocenters. The number of rotatable bonds is 7. The van der Waals surface area contributed by atoms with Gasteiger partial charge in [-0.1, -0.05) is 31.5 Å². The molecule has 0 aliphatic heterocycles. The van der Waals surface area contributed by atoms with E-state index in [0.717, 1.165) is 36.0 Å². The van der Waals surface area contributed by atoms with E-state index >= 15 is 0 Å². The van der Waals surface area contributed by atoms with Crippen LogP contribution in [0.3, 0.4) is 0 Å². The maximum absolute atomic E-state index is 9.83. The Kier molecular flexibility index (Phi) is 5.64. The van der Waals surface area contributed by atoms with Crippen molar-refractivity contribution in [1.82, 2.24) is 0 Å². The normalized spacial score (nSPS) is 10.7. The van der Waals surface area contributed by atoms with Gasteiger partial charge in [0.2, 0.25) is 0 Å². The van der Waals surface area contributed by atoms with Crippen LogP contribution >= 0.6 is 0 Å². The predicted molar refractivity (Wildman–Crippen MR) is 83.3 cm³/mol. The Balaban J connectivity index is 1.89. The van der Waals surface area contributed by atoms with E-state index in [9.17, 15) is 10.2 Å². The first-order valence-electron chi connectivity index (χ1n) is 7.35. The number of aromatic hydroxyl groups is 2. The SMILES string of the molecule is CCCCc1cc(COCc2ccc(O)cc2)ccc1O. The first kappa shape index (κ1) is 15.4. The second-order valence-electron chi connectivity index (χ2n) is 5.23. The summed E-state index contributed by atoms with van der Waals surface area (Å²) in [6.45, 7) is 3.16. The molecule has 0 radical (unpaired) electrons. The molecule has 3 nitrogen and oxygen atoms in total. The van der Waals surface area contributed by atoms with Crippen LogP contribution < -0.4 is 0 Å². The van der Waals surface area contributed by atoms with Crippen LogP contribution in [0.2, 0.25) is 0 Å². The van der Waals surface area contributed by atoms with Crippen LogP contribution in [0, 0.1) is 0 Å². The van der Waals surface area contributed by atoms with E-state index in [1.807, 2.05) is 24.3 Å². The lowest BCUT2D eigenvalue weighted by molar-refractivity contribution is 0.107. The third-order valence-electron chi connectivity index (χ3n) is 3.42. The zero-order valence-corrected chi connectivity index (χ0v) is 12.4. The second kappa shape index (κ2) is 7.70. The van der Waals surface area contributed by atoms with E-state index in [1.54, 1.807) is 18.2 Å². The molecule has 0 saturated heterocycles. The summed E-state index contributed by atoms with van der Waals surface area (Å²) in [4.78, 5) is 0. The highest BCUT2D eigenvalue weighted by molar-refractivity contribution is 5.36. The summed E-state index contributed by atoms with van der Waals surface area (Å²) in [5.41, 5.74) is 3.08. The Morgan fingerprint density at radius 3 is 2.29 bits per heavy atom. The lowest BCUT2D eigenvalue weighted by Gasteiger charge is -2.09. The smallest absolute Gasteiger partial charge is 0.118 e. The Hall–Kier alpha value is -2.00. The van der Waals surface area contributed by atoms with Gasteiger partial charge >= 0.3 is 0 Å². The van der Waals surface area contributed by atoms with Crippen LogP contribution in [0.25, 0.3) is 0 Å². The van der Waals surface area contributed by atoms with Crippen LogP contribution in [-0.4, -0.2) is 10.2 Å². The van der Waals surface area contributed by atoms with Gasteiger partial charge in [-0.25, -0.2) is 0 Å². The lowest BCUT2D eigenvalue weighted by atomic mass is 10.0. The van der Waals surface area contributed by atoms with Crippen molar-refractivity contribution >= 4 is 0 Å². The predicted octanol–water partition coefficient (Wildman–Crippen LogP) is 4.16. The summed E-state index contributed by atoms with van der Waals surface area (Å²) >= 11 is 0. The number of ether oxygens (including phenoxy) is 1. The van der Waals surface area contributed by atoms with E-state index in [1.165, 1.54) is 0 Å². The highest BCUT2D eigenvalue weighted by Gasteiger charge is 2.03. The van der Waals surface area contributed by atoms with Crippen molar-refractivity contribution < 1.29 is 14.9 Å². The number of hydrogen-bond acceptors (Lipinski definition) is 3. The van der Waals surface area contributed by atoms with Gasteiger partial charge in [0.05, 0.1) is 13.2 Å². The topological polar surface area (TPSA) is 49.7 Å². The zero-order chi connectivity index (χ0) is 15.1.